The molecule has 0 aliphatic rings. The molecule has 0 bridgehead atoms. The molecule has 0 saturated carbocycles. The highest BCUT2D eigenvalue weighted by atomic mass is 16.1. The van der Waals surface area contributed by atoms with E-state index in [9.17, 15) is 4.79 Å². The molecule has 0 atom stereocenters. The van der Waals surface area contributed by atoms with Gasteiger partial charge in [0.05, 0.1) is 17.0 Å². The first-order chi connectivity index (χ1) is 9.93. The van der Waals surface area contributed by atoms with Crippen LogP contribution in [0.1, 0.15) is 29.9 Å². The number of hydrogen-bond acceptors (Lipinski definition) is 3. The van der Waals surface area contributed by atoms with Crippen LogP contribution in [-0.2, 0) is 0 Å². The van der Waals surface area contributed by atoms with Gasteiger partial charge in [0.25, 0.3) is 5.91 Å². The fourth-order valence-corrected chi connectivity index (χ4v) is 2.00. The SMILES string of the molecule is Cc1nc(-c2ccccc2)ccc1C(=O)NC(C)(C)CN. The molecule has 0 aliphatic carbocycles. The maximum absolute atomic E-state index is 12.3. The molecule has 0 aliphatic heterocycles. The fraction of sp³-hybridized carbons (Fsp3) is 0.294. The number of aryl methyl sites for hydroxylation is 1. The lowest BCUT2D eigenvalue weighted by atomic mass is 10.0. The number of rotatable bonds is 4. The summed E-state index contributed by atoms with van der Waals surface area (Å²) >= 11 is 0. The van der Waals surface area contributed by atoms with Crippen molar-refractivity contribution in [2.45, 2.75) is 26.3 Å². The molecule has 0 unspecified atom stereocenters. The maximum Gasteiger partial charge on any atom is 0.253 e. The predicted octanol–water partition coefficient (Wildman–Crippen LogP) is 2.52. The van der Waals surface area contributed by atoms with E-state index in [1.165, 1.54) is 0 Å². The second kappa shape index (κ2) is 6.06. The minimum Gasteiger partial charge on any atom is -0.346 e. The van der Waals surface area contributed by atoms with Gasteiger partial charge in [0, 0.05) is 17.6 Å². The molecule has 2 rings (SSSR count). The number of pyridine rings is 1. The van der Waals surface area contributed by atoms with Crippen LogP contribution in [0.4, 0.5) is 0 Å². The first kappa shape index (κ1) is 15.2. The van der Waals surface area contributed by atoms with Crippen LogP contribution in [0.15, 0.2) is 42.5 Å². The molecule has 1 aromatic carbocycles. The molecule has 4 heteroatoms. The van der Waals surface area contributed by atoms with Crippen molar-refractivity contribution >= 4 is 5.91 Å². The summed E-state index contributed by atoms with van der Waals surface area (Å²) in [6.07, 6.45) is 0. The monoisotopic (exact) mass is 283 g/mol. The van der Waals surface area contributed by atoms with Crippen LogP contribution >= 0.6 is 0 Å². The largest absolute Gasteiger partial charge is 0.346 e. The zero-order valence-corrected chi connectivity index (χ0v) is 12.7. The van der Waals surface area contributed by atoms with Crippen molar-refractivity contribution in [3.8, 4) is 11.3 Å². The first-order valence-electron chi connectivity index (χ1n) is 6.98. The number of carbonyl (C=O) groups excluding carboxylic acids is 1. The molecule has 2 aromatic rings. The number of amides is 1. The fourth-order valence-electron chi connectivity index (χ4n) is 2.00. The number of benzene rings is 1. The summed E-state index contributed by atoms with van der Waals surface area (Å²) in [5, 5.41) is 2.92. The van der Waals surface area contributed by atoms with E-state index >= 15 is 0 Å². The number of nitrogens with zero attached hydrogens (tertiary/aromatic N) is 1. The van der Waals surface area contributed by atoms with Gasteiger partial charge in [0.1, 0.15) is 0 Å². The second-order valence-corrected chi connectivity index (χ2v) is 5.74. The van der Waals surface area contributed by atoms with Gasteiger partial charge in [-0.25, -0.2) is 0 Å². The van der Waals surface area contributed by atoms with Crippen molar-refractivity contribution < 1.29 is 4.79 Å². The number of nitrogens with two attached hydrogens (primary N) is 1. The average molecular weight is 283 g/mol. The Morgan fingerprint density at radius 2 is 1.86 bits per heavy atom. The van der Waals surface area contributed by atoms with E-state index in [0.717, 1.165) is 11.3 Å². The Kier molecular flexibility index (Phi) is 4.38. The van der Waals surface area contributed by atoms with E-state index in [1.54, 1.807) is 0 Å². The lowest BCUT2D eigenvalue weighted by Gasteiger charge is -2.24. The van der Waals surface area contributed by atoms with E-state index in [0.29, 0.717) is 17.8 Å². The number of nitrogens with one attached hydrogen (secondary N) is 1. The minimum atomic E-state index is -0.429. The van der Waals surface area contributed by atoms with Crippen molar-refractivity contribution in [2.24, 2.45) is 5.73 Å². The number of hydrogen-bond donors (Lipinski definition) is 2. The highest BCUT2D eigenvalue weighted by molar-refractivity contribution is 5.96. The summed E-state index contributed by atoms with van der Waals surface area (Å²) < 4.78 is 0. The quantitative estimate of drug-likeness (QED) is 0.906. The summed E-state index contributed by atoms with van der Waals surface area (Å²) in [5.41, 5.74) is 8.40. The van der Waals surface area contributed by atoms with Crippen molar-refractivity contribution in [2.75, 3.05) is 6.54 Å². The maximum atomic E-state index is 12.3. The molecule has 21 heavy (non-hydrogen) atoms. The molecule has 0 saturated heterocycles. The first-order valence-corrected chi connectivity index (χ1v) is 6.98. The van der Waals surface area contributed by atoms with E-state index < -0.39 is 5.54 Å². The lowest BCUT2D eigenvalue weighted by Crippen LogP contribution is -2.49. The zero-order chi connectivity index (χ0) is 15.5. The van der Waals surface area contributed by atoms with E-state index in [1.807, 2.05) is 63.2 Å². The number of aromatic nitrogens is 1. The molecule has 0 fully saturated rings. The predicted molar refractivity (Wildman–Crippen MR) is 85.0 cm³/mol. The van der Waals surface area contributed by atoms with Gasteiger partial charge in [-0.3, -0.25) is 9.78 Å². The topological polar surface area (TPSA) is 68.0 Å². The average Bonchev–Trinajstić information content (AvgIpc) is 2.47. The molecule has 110 valence electrons. The highest BCUT2D eigenvalue weighted by Gasteiger charge is 2.20. The summed E-state index contributed by atoms with van der Waals surface area (Å²) in [7, 11) is 0. The third-order valence-corrected chi connectivity index (χ3v) is 3.36. The molecule has 1 aromatic heterocycles. The third-order valence-electron chi connectivity index (χ3n) is 3.36. The molecular weight excluding hydrogens is 262 g/mol. The van der Waals surface area contributed by atoms with E-state index in [4.69, 9.17) is 5.73 Å². The minimum absolute atomic E-state index is 0.143. The Bertz CT molecular complexity index is 636. The van der Waals surface area contributed by atoms with Crippen LogP contribution in [0.25, 0.3) is 11.3 Å². The highest BCUT2D eigenvalue weighted by Crippen LogP contribution is 2.18. The Morgan fingerprint density at radius 3 is 2.43 bits per heavy atom. The van der Waals surface area contributed by atoms with Gasteiger partial charge in [-0.2, -0.15) is 0 Å². The third kappa shape index (κ3) is 3.67. The molecular formula is C17H21N3O. The number of carbonyl (C=O) groups is 1. The van der Waals surface area contributed by atoms with Gasteiger partial charge >= 0.3 is 0 Å². The lowest BCUT2D eigenvalue weighted by molar-refractivity contribution is 0.0914. The van der Waals surface area contributed by atoms with Crippen molar-refractivity contribution in [1.29, 1.82) is 0 Å². The molecule has 1 amide bonds. The van der Waals surface area contributed by atoms with E-state index in [-0.39, 0.29) is 5.91 Å². The Hall–Kier alpha value is -2.20. The van der Waals surface area contributed by atoms with Crippen LogP contribution in [0.2, 0.25) is 0 Å². The van der Waals surface area contributed by atoms with Crippen LogP contribution in [0.5, 0.6) is 0 Å². The van der Waals surface area contributed by atoms with Gasteiger partial charge in [0.15, 0.2) is 0 Å². The smallest absolute Gasteiger partial charge is 0.253 e. The molecule has 4 nitrogen and oxygen atoms in total. The van der Waals surface area contributed by atoms with Crippen LogP contribution in [0.3, 0.4) is 0 Å². The van der Waals surface area contributed by atoms with Gasteiger partial charge in [-0.1, -0.05) is 30.3 Å². The second-order valence-electron chi connectivity index (χ2n) is 5.74. The Balaban J connectivity index is 2.26. The standard InChI is InChI=1S/C17H21N3O/c1-12-14(16(21)20-17(2,3)11-18)9-10-15(19-12)13-7-5-4-6-8-13/h4-10H,11,18H2,1-3H3,(H,20,21). The molecule has 3 N–H and O–H groups in total. The summed E-state index contributed by atoms with van der Waals surface area (Å²) in [5.74, 6) is -0.143. The zero-order valence-electron chi connectivity index (χ0n) is 12.7. The molecule has 0 spiro atoms. The van der Waals surface area contributed by atoms with Crippen LogP contribution in [-0.4, -0.2) is 23.0 Å². The summed E-state index contributed by atoms with van der Waals surface area (Å²) in [4.78, 5) is 16.8. The van der Waals surface area contributed by atoms with Crippen molar-refractivity contribution in [3.63, 3.8) is 0 Å². The Labute approximate surface area is 125 Å². The summed E-state index contributed by atoms with van der Waals surface area (Å²) in [6.45, 7) is 6.02. The molecule has 0 radical (unpaired) electrons. The van der Waals surface area contributed by atoms with Crippen molar-refractivity contribution in [3.05, 3.63) is 53.7 Å². The molecule has 1 heterocycles. The van der Waals surface area contributed by atoms with Gasteiger partial charge < -0.3 is 11.1 Å². The van der Waals surface area contributed by atoms with Crippen molar-refractivity contribution in [1.82, 2.24) is 10.3 Å². The van der Waals surface area contributed by atoms with Crippen LogP contribution in [0, 0.1) is 6.92 Å². The van der Waals surface area contributed by atoms with E-state index in [2.05, 4.69) is 10.3 Å². The van der Waals surface area contributed by atoms with Gasteiger partial charge in [-0.15, -0.1) is 0 Å². The normalized spacial score (nSPS) is 11.2. The van der Waals surface area contributed by atoms with Gasteiger partial charge in [-0.05, 0) is 32.9 Å². The van der Waals surface area contributed by atoms with Crippen LogP contribution < -0.4 is 11.1 Å². The summed E-state index contributed by atoms with van der Waals surface area (Å²) in [6, 6.07) is 13.6. The van der Waals surface area contributed by atoms with Gasteiger partial charge in [0.2, 0.25) is 0 Å². The Morgan fingerprint density at radius 1 is 1.19 bits per heavy atom.